The molecular weight excluding hydrogens is 418 g/mol. The number of nitriles is 1. The van der Waals surface area contributed by atoms with E-state index in [1.54, 1.807) is 6.07 Å². The largest absolute Gasteiger partial charge is 0.380 e. The van der Waals surface area contributed by atoms with Crippen LogP contribution < -0.4 is 21.7 Å². The van der Waals surface area contributed by atoms with Crippen LogP contribution in [0.4, 0.5) is 17.3 Å². The number of carbonyl (C=O) groups is 1. The lowest BCUT2D eigenvalue weighted by Crippen LogP contribution is -2.35. The molecule has 2 heterocycles. The van der Waals surface area contributed by atoms with Crippen molar-refractivity contribution in [3.05, 3.63) is 65.7 Å². The minimum atomic E-state index is -0.321. The van der Waals surface area contributed by atoms with Gasteiger partial charge in [-0.3, -0.25) is 4.79 Å². The highest BCUT2D eigenvalue weighted by molar-refractivity contribution is 5.97. The molecule has 168 valence electrons. The van der Waals surface area contributed by atoms with Gasteiger partial charge in [-0.25, -0.2) is 9.97 Å². The maximum Gasteiger partial charge on any atom is 0.274 e. The fourth-order valence-corrected chi connectivity index (χ4v) is 3.75. The van der Waals surface area contributed by atoms with Crippen molar-refractivity contribution < 1.29 is 4.79 Å². The van der Waals surface area contributed by atoms with Crippen molar-refractivity contribution in [3.63, 3.8) is 0 Å². The van der Waals surface area contributed by atoms with E-state index in [1.807, 2.05) is 36.4 Å². The molecule has 0 spiro atoms. The summed E-state index contributed by atoms with van der Waals surface area (Å²) in [5.41, 5.74) is 8.13. The lowest BCUT2D eigenvalue weighted by molar-refractivity contribution is 0.0946. The third kappa shape index (κ3) is 5.99. The Morgan fingerprint density at radius 1 is 1.12 bits per heavy atom. The predicted octanol–water partition coefficient (Wildman–Crippen LogP) is 2.49. The smallest absolute Gasteiger partial charge is 0.274 e. The number of carbonyl (C=O) groups excluding carboxylic acids is 1. The molecule has 2 unspecified atom stereocenters. The zero-order valence-electron chi connectivity index (χ0n) is 18.0. The molecule has 0 aliphatic heterocycles. The van der Waals surface area contributed by atoms with Crippen LogP contribution in [0.2, 0.25) is 0 Å². The van der Waals surface area contributed by atoms with Crippen molar-refractivity contribution >= 4 is 23.2 Å². The molecule has 5 N–H and O–H groups in total. The third-order valence-corrected chi connectivity index (χ3v) is 5.40. The highest BCUT2D eigenvalue weighted by Gasteiger charge is 2.23. The first-order valence-corrected chi connectivity index (χ1v) is 10.8. The van der Waals surface area contributed by atoms with E-state index in [0.29, 0.717) is 23.9 Å². The number of benzene rings is 1. The van der Waals surface area contributed by atoms with Crippen LogP contribution in [-0.2, 0) is 6.54 Å². The Morgan fingerprint density at radius 3 is 2.70 bits per heavy atom. The van der Waals surface area contributed by atoms with E-state index in [0.717, 1.165) is 31.2 Å². The van der Waals surface area contributed by atoms with Gasteiger partial charge in [0.2, 0.25) is 0 Å². The summed E-state index contributed by atoms with van der Waals surface area (Å²) < 4.78 is 0. The van der Waals surface area contributed by atoms with Gasteiger partial charge < -0.3 is 21.7 Å². The lowest BCUT2D eigenvalue weighted by Gasteiger charge is -2.28. The molecule has 0 radical (unpaired) electrons. The molecule has 1 aliphatic rings. The molecule has 1 aromatic carbocycles. The summed E-state index contributed by atoms with van der Waals surface area (Å²) in [5.74, 6) is 0.491. The quantitative estimate of drug-likeness (QED) is 0.431. The van der Waals surface area contributed by atoms with E-state index in [-0.39, 0.29) is 29.4 Å². The summed E-state index contributed by atoms with van der Waals surface area (Å²) in [7, 11) is 0. The number of nitrogens with zero attached hydrogens (tertiary/aromatic N) is 5. The van der Waals surface area contributed by atoms with E-state index < -0.39 is 0 Å². The summed E-state index contributed by atoms with van der Waals surface area (Å²) in [4.78, 5) is 21.1. The van der Waals surface area contributed by atoms with Crippen molar-refractivity contribution in [2.24, 2.45) is 5.73 Å². The number of rotatable bonds is 7. The SMILES string of the molecule is N#Cc1cnc(Nc2cc(NC3CCCC(N)C3)c(C(=O)NCc3ccccc3)nn2)cn1. The molecule has 33 heavy (non-hydrogen) atoms. The van der Waals surface area contributed by atoms with Crippen LogP contribution >= 0.6 is 0 Å². The number of aromatic nitrogens is 4. The average Bonchev–Trinajstić information content (AvgIpc) is 2.84. The fourth-order valence-electron chi connectivity index (χ4n) is 3.75. The van der Waals surface area contributed by atoms with E-state index in [1.165, 1.54) is 12.4 Å². The van der Waals surface area contributed by atoms with E-state index in [9.17, 15) is 4.79 Å². The molecule has 0 bridgehead atoms. The first kappa shape index (κ1) is 22.1. The van der Waals surface area contributed by atoms with Gasteiger partial charge in [-0.1, -0.05) is 30.3 Å². The van der Waals surface area contributed by atoms with Gasteiger partial charge in [0.05, 0.1) is 18.1 Å². The Labute approximate surface area is 191 Å². The Kier molecular flexibility index (Phi) is 7.02. The molecule has 2 atom stereocenters. The first-order chi connectivity index (χ1) is 16.1. The Balaban J connectivity index is 1.54. The van der Waals surface area contributed by atoms with Crippen molar-refractivity contribution in [3.8, 4) is 6.07 Å². The number of nitrogens with one attached hydrogen (secondary N) is 3. The molecule has 2 aromatic heterocycles. The van der Waals surface area contributed by atoms with Crippen LogP contribution in [-0.4, -0.2) is 38.2 Å². The topological polar surface area (TPSA) is 155 Å². The normalized spacial score (nSPS) is 17.6. The second-order valence-electron chi connectivity index (χ2n) is 7.95. The highest BCUT2D eigenvalue weighted by Crippen LogP contribution is 2.25. The summed E-state index contributed by atoms with van der Waals surface area (Å²) in [5, 5.41) is 26.6. The summed E-state index contributed by atoms with van der Waals surface area (Å²) in [6.45, 7) is 0.385. The maximum absolute atomic E-state index is 12.9. The number of hydrogen-bond donors (Lipinski definition) is 4. The number of amides is 1. The van der Waals surface area contributed by atoms with Gasteiger partial charge >= 0.3 is 0 Å². The molecule has 4 rings (SSSR count). The van der Waals surface area contributed by atoms with Crippen molar-refractivity contribution in [2.75, 3.05) is 10.6 Å². The molecule has 10 heteroatoms. The lowest BCUT2D eigenvalue weighted by atomic mass is 9.91. The summed E-state index contributed by atoms with van der Waals surface area (Å²) in [6, 6.07) is 13.6. The molecule has 1 saturated carbocycles. The van der Waals surface area contributed by atoms with Crippen molar-refractivity contribution in [1.29, 1.82) is 5.26 Å². The third-order valence-electron chi connectivity index (χ3n) is 5.40. The van der Waals surface area contributed by atoms with Crippen LogP contribution in [0.15, 0.2) is 48.8 Å². The predicted molar refractivity (Wildman–Crippen MR) is 124 cm³/mol. The molecule has 1 aliphatic carbocycles. The summed E-state index contributed by atoms with van der Waals surface area (Å²) in [6.07, 6.45) is 6.61. The van der Waals surface area contributed by atoms with Gasteiger partial charge in [0.1, 0.15) is 11.9 Å². The minimum Gasteiger partial charge on any atom is -0.380 e. The van der Waals surface area contributed by atoms with Crippen LogP contribution in [0.5, 0.6) is 0 Å². The molecular formula is C23H25N9O. The van der Waals surface area contributed by atoms with Crippen LogP contribution in [0.1, 0.15) is 47.4 Å². The molecule has 3 aromatic rings. The summed E-state index contributed by atoms with van der Waals surface area (Å²) >= 11 is 0. The zero-order valence-corrected chi connectivity index (χ0v) is 18.0. The van der Waals surface area contributed by atoms with Crippen LogP contribution in [0, 0.1) is 11.3 Å². The van der Waals surface area contributed by atoms with Crippen molar-refractivity contribution in [1.82, 2.24) is 25.5 Å². The van der Waals surface area contributed by atoms with Crippen LogP contribution in [0.25, 0.3) is 0 Å². The first-order valence-electron chi connectivity index (χ1n) is 10.8. The average molecular weight is 444 g/mol. The molecule has 0 saturated heterocycles. The van der Waals surface area contributed by atoms with Gasteiger partial charge in [0.15, 0.2) is 17.2 Å². The minimum absolute atomic E-state index is 0.132. The Hall–Kier alpha value is -4.10. The van der Waals surface area contributed by atoms with Gasteiger partial charge in [0, 0.05) is 24.7 Å². The van der Waals surface area contributed by atoms with Crippen LogP contribution in [0.3, 0.4) is 0 Å². The number of nitrogens with two attached hydrogens (primary N) is 1. The standard InChI is InChI=1S/C23H25N9O/c24-11-18-13-27-21(14-26-18)30-20-10-19(29-17-8-4-7-16(25)9-17)22(32-31-20)23(33)28-12-15-5-2-1-3-6-15/h1-3,5-6,10,13-14,16-17H,4,7-9,12,25H2,(H,28,33)(H2,27,29,30,31). The second-order valence-corrected chi connectivity index (χ2v) is 7.95. The van der Waals surface area contributed by atoms with E-state index in [4.69, 9.17) is 11.0 Å². The number of hydrogen-bond acceptors (Lipinski definition) is 9. The highest BCUT2D eigenvalue weighted by atomic mass is 16.1. The molecule has 10 nitrogen and oxygen atoms in total. The number of anilines is 3. The van der Waals surface area contributed by atoms with Crippen molar-refractivity contribution in [2.45, 2.75) is 44.3 Å². The monoisotopic (exact) mass is 443 g/mol. The van der Waals surface area contributed by atoms with Gasteiger partial charge in [-0.05, 0) is 31.2 Å². The molecule has 1 amide bonds. The zero-order chi connectivity index (χ0) is 23.0. The van der Waals surface area contributed by atoms with E-state index >= 15 is 0 Å². The van der Waals surface area contributed by atoms with E-state index in [2.05, 4.69) is 36.1 Å². The Morgan fingerprint density at radius 2 is 1.97 bits per heavy atom. The molecule has 1 fully saturated rings. The fraction of sp³-hybridized carbons (Fsp3) is 0.304. The second kappa shape index (κ2) is 10.5. The van der Waals surface area contributed by atoms with Gasteiger partial charge in [-0.2, -0.15) is 5.26 Å². The van der Waals surface area contributed by atoms with Gasteiger partial charge in [-0.15, -0.1) is 10.2 Å². The maximum atomic E-state index is 12.9. The Bertz CT molecular complexity index is 1130. The van der Waals surface area contributed by atoms with Gasteiger partial charge in [0.25, 0.3) is 5.91 Å².